The molecule has 0 aliphatic carbocycles. The molecule has 0 aliphatic rings. The molecule has 2 aromatic carbocycles. The van der Waals surface area contributed by atoms with E-state index in [0.29, 0.717) is 5.02 Å². The first-order valence-electron chi connectivity index (χ1n) is 6.39. The van der Waals surface area contributed by atoms with Crippen LogP contribution in [0.4, 0.5) is 4.39 Å². The molecule has 4 heteroatoms. The molecule has 106 valence electrons. The molecule has 2 aromatic rings. The molecule has 0 saturated heterocycles. The molecular weight excluding hydrogens is 277 g/mol. The number of hydrogen-bond acceptors (Lipinski definition) is 2. The molecule has 0 aromatic heterocycles. The van der Waals surface area contributed by atoms with Crippen molar-refractivity contribution in [2.24, 2.45) is 0 Å². The van der Waals surface area contributed by atoms with E-state index >= 15 is 0 Å². The molecule has 20 heavy (non-hydrogen) atoms. The smallest absolute Gasteiger partial charge is 0.165 e. The third kappa shape index (κ3) is 3.50. The van der Waals surface area contributed by atoms with Crippen molar-refractivity contribution in [2.75, 3.05) is 14.2 Å². The lowest BCUT2D eigenvalue weighted by atomic mass is 9.99. The minimum absolute atomic E-state index is 0.0385. The fraction of sp³-hybridized carbons (Fsp3) is 0.250. The fourth-order valence-corrected chi connectivity index (χ4v) is 2.27. The number of hydrogen-bond donors (Lipinski definition) is 1. The summed E-state index contributed by atoms with van der Waals surface area (Å²) in [6.07, 6.45) is 0.763. The summed E-state index contributed by atoms with van der Waals surface area (Å²) in [5.41, 5.74) is 2.03. The Balaban J connectivity index is 2.19. The van der Waals surface area contributed by atoms with Gasteiger partial charge in [-0.1, -0.05) is 29.8 Å². The Hall–Kier alpha value is -1.58. The van der Waals surface area contributed by atoms with Crippen LogP contribution >= 0.6 is 11.6 Å². The Kier molecular flexibility index (Phi) is 4.99. The summed E-state index contributed by atoms with van der Waals surface area (Å²) in [6.45, 7) is 0. The minimum Gasteiger partial charge on any atom is -0.494 e. The van der Waals surface area contributed by atoms with Gasteiger partial charge in [-0.25, -0.2) is 4.39 Å². The Morgan fingerprint density at radius 2 is 1.90 bits per heavy atom. The Morgan fingerprint density at radius 3 is 2.45 bits per heavy atom. The van der Waals surface area contributed by atoms with Crippen molar-refractivity contribution >= 4 is 11.6 Å². The molecule has 0 radical (unpaired) electrons. The van der Waals surface area contributed by atoms with Gasteiger partial charge >= 0.3 is 0 Å². The predicted molar refractivity (Wildman–Crippen MR) is 79.9 cm³/mol. The highest BCUT2D eigenvalue weighted by molar-refractivity contribution is 6.30. The summed E-state index contributed by atoms with van der Waals surface area (Å²) in [7, 11) is 3.32. The molecule has 0 fully saturated rings. The zero-order valence-electron chi connectivity index (χ0n) is 11.5. The van der Waals surface area contributed by atoms with Crippen LogP contribution in [0.15, 0.2) is 42.5 Å². The lowest BCUT2D eigenvalue weighted by Gasteiger charge is -2.17. The average molecular weight is 294 g/mol. The summed E-state index contributed by atoms with van der Waals surface area (Å²) in [5, 5.41) is 3.92. The summed E-state index contributed by atoms with van der Waals surface area (Å²) < 4.78 is 18.7. The fourth-order valence-electron chi connectivity index (χ4n) is 2.14. The summed E-state index contributed by atoms with van der Waals surface area (Å²) in [6, 6.07) is 12.7. The van der Waals surface area contributed by atoms with Gasteiger partial charge in [-0.3, -0.25) is 0 Å². The first-order valence-corrected chi connectivity index (χ1v) is 6.77. The van der Waals surface area contributed by atoms with Gasteiger partial charge in [0.1, 0.15) is 0 Å². The van der Waals surface area contributed by atoms with Crippen LogP contribution in [0.1, 0.15) is 17.2 Å². The topological polar surface area (TPSA) is 21.3 Å². The van der Waals surface area contributed by atoms with E-state index in [1.807, 2.05) is 37.4 Å². The second-order valence-electron chi connectivity index (χ2n) is 4.57. The van der Waals surface area contributed by atoms with Gasteiger partial charge in [-0.2, -0.15) is 0 Å². The van der Waals surface area contributed by atoms with Gasteiger partial charge in [-0.15, -0.1) is 0 Å². The normalized spacial score (nSPS) is 12.2. The van der Waals surface area contributed by atoms with Gasteiger partial charge in [0.2, 0.25) is 0 Å². The van der Waals surface area contributed by atoms with Crippen molar-refractivity contribution in [3.8, 4) is 5.75 Å². The van der Waals surface area contributed by atoms with Crippen LogP contribution in [0.3, 0.4) is 0 Å². The van der Waals surface area contributed by atoms with Crippen molar-refractivity contribution in [1.82, 2.24) is 5.32 Å². The van der Waals surface area contributed by atoms with Crippen molar-refractivity contribution in [1.29, 1.82) is 0 Å². The second kappa shape index (κ2) is 6.73. The van der Waals surface area contributed by atoms with Gasteiger partial charge in [-0.05, 0) is 48.9 Å². The standard InChI is InChI=1S/C16H17ClFNO/c1-19-15(9-11-3-6-13(17)7-4-11)12-5-8-16(20-2)14(18)10-12/h3-8,10,15,19H,9H2,1-2H3. The number of ether oxygens (including phenoxy) is 1. The molecule has 0 amide bonds. The first-order chi connectivity index (χ1) is 9.63. The lowest BCUT2D eigenvalue weighted by Crippen LogP contribution is -2.19. The number of methoxy groups -OCH3 is 1. The predicted octanol–water partition coefficient (Wildman–Crippen LogP) is 3.99. The van der Waals surface area contributed by atoms with Crippen LogP contribution in [-0.2, 0) is 6.42 Å². The largest absolute Gasteiger partial charge is 0.494 e. The SMILES string of the molecule is CNC(Cc1ccc(Cl)cc1)c1ccc(OC)c(F)c1. The van der Waals surface area contributed by atoms with E-state index < -0.39 is 0 Å². The molecule has 0 aliphatic heterocycles. The lowest BCUT2D eigenvalue weighted by molar-refractivity contribution is 0.385. The van der Waals surface area contributed by atoms with Crippen molar-refractivity contribution in [3.05, 3.63) is 64.4 Å². The second-order valence-corrected chi connectivity index (χ2v) is 5.00. The third-order valence-electron chi connectivity index (χ3n) is 3.28. The van der Waals surface area contributed by atoms with Gasteiger partial charge in [0.05, 0.1) is 7.11 Å². The minimum atomic E-state index is -0.346. The molecule has 1 N–H and O–H groups in total. The van der Waals surface area contributed by atoms with Crippen molar-refractivity contribution in [3.63, 3.8) is 0 Å². The maximum atomic E-state index is 13.8. The number of halogens is 2. The van der Waals surface area contributed by atoms with E-state index in [1.165, 1.54) is 13.2 Å². The highest BCUT2D eigenvalue weighted by Gasteiger charge is 2.13. The number of likely N-dealkylation sites (N-methyl/N-ethyl adjacent to an activating group) is 1. The maximum absolute atomic E-state index is 13.8. The average Bonchev–Trinajstić information content (AvgIpc) is 2.46. The van der Waals surface area contributed by atoms with Crippen LogP contribution in [0.25, 0.3) is 0 Å². The van der Waals surface area contributed by atoms with E-state index in [4.69, 9.17) is 16.3 Å². The summed E-state index contributed by atoms with van der Waals surface area (Å²) >= 11 is 5.87. The first kappa shape index (κ1) is 14.8. The zero-order chi connectivity index (χ0) is 14.5. The Labute approximate surface area is 123 Å². The van der Waals surface area contributed by atoms with E-state index in [9.17, 15) is 4.39 Å². The summed E-state index contributed by atoms with van der Waals surface area (Å²) in [5.74, 6) is -0.0866. The molecule has 0 saturated carbocycles. The van der Waals surface area contributed by atoms with Crippen molar-refractivity contribution < 1.29 is 9.13 Å². The van der Waals surface area contributed by atoms with E-state index in [-0.39, 0.29) is 17.6 Å². The highest BCUT2D eigenvalue weighted by atomic mass is 35.5. The van der Waals surface area contributed by atoms with Gasteiger partial charge < -0.3 is 10.1 Å². The quantitative estimate of drug-likeness (QED) is 0.900. The monoisotopic (exact) mass is 293 g/mol. The number of nitrogens with one attached hydrogen (secondary N) is 1. The van der Waals surface area contributed by atoms with Crippen LogP contribution in [0.5, 0.6) is 5.75 Å². The summed E-state index contributed by atoms with van der Waals surface area (Å²) in [4.78, 5) is 0. The Bertz CT molecular complexity index is 571. The van der Waals surface area contributed by atoms with Crippen LogP contribution in [0, 0.1) is 5.82 Å². The van der Waals surface area contributed by atoms with Crippen LogP contribution < -0.4 is 10.1 Å². The van der Waals surface area contributed by atoms with Crippen LogP contribution in [0.2, 0.25) is 5.02 Å². The third-order valence-corrected chi connectivity index (χ3v) is 3.53. The molecular formula is C16H17ClFNO. The molecule has 1 atom stereocenters. The molecule has 2 nitrogen and oxygen atoms in total. The van der Waals surface area contributed by atoms with E-state index in [1.54, 1.807) is 6.07 Å². The zero-order valence-corrected chi connectivity index (χ0v) is 12.2. The molecule has 0 spiro atoms. The number of benzene rings is 2. The Morgan fingerprint density at radius 1 is 1.20 bits per heavy atom. The van der Waals surface area contributed by atoms with E-state index in [0.717, 1.165) is 17.5 Å². The highest BCUT2D eigenvalue weighted by Crippen LogP contribution is 2.24. The molecule has 0 bridgehead atoms. The van der Waals surface area contributed by atoms with Gasteiger partial charge in [0.25, 0.3) is 0 Å². The van der Waals surface area contributed by atoms with E-state index in [2.05, 4.69) is 5.32 Å². The molecule has 1 unspecified atom stereocenters. The van der Waals surface area contributed by atoms with Gasteiger partial charge in [0.15, 0.2) is 11.6 Å². The van der Waals surface area contributed by atoms with Crippen molar-refractivity contribution in [2.45, 2.75) is 12.5 Å². The maximum Gasteiger partial charge on any atom is 0.165 e. The molecule has 0 heterocycles. The molecule has 2 rings (SSSR count). The van der Waals surface area contributed by atoms with Gasteiger partial charge in [0, 0.05) is 11.1 Å². The van der Waals surface area contributed by atoms with Crippen LogP contribution in [-0.4, -0.2) is 14.2 Å². The number of rotatable bonds is 5.